The Bertz CT molecular complexity index is 969. The molecule has 0 saturated carbocycles. The van der Waals surface area contributed by atoms with Crippen LogP contribution < -0.4 is 13.3 Å². The van der Waals surface area contributed by atoms with Crippen LogP contribution in [0.5, 0.6) is 5.75 Å². The van der Waals surface area contributed by atoms with Crippen molar-refractivity contribution in [3.8, 4) is 16.2 Å². The maximum Gasteiger partial charge on any atom is 0.314 e. The van der Waals surface area contributed by atoms with Gasteiger partial charge >= 0.3 is 3.98 Å². The summed E-state index contributed by atoms with van der Waals surface area (Å²) < 4.78 is 10.1. The molecule has 0 bridgehead atoms. The van der Waals surface area contributed by atoms with Gasteiger partial charge in [0.15, 0.2) is 6.10 Å². The number of fused-ring (bicyclic) bond motifs is 3. The minimum absolute atomic E-state index is 0.0598. The highest BCUT2D eigenvalue weighted by molar-refractivity contribution is 7.29. The summed E-state index contributed by atoms with van der Waals surface area (Å²) in [4.78, 5) is 2.55. The molecule has 3 aromatic rings. The first-order valence-corrected chi connectivity index (χ1v) is 10.5. The van der Waals surface area contributed by atoms with E-state index in [0.717, 1.165) is 29.4 Å². The monoisotopic (exact) mass is 388 g/mol. The number of rotatable bonds is 3. The number of hydrogen-bond acceptors (Lipinski definition) is 3. The van der Waals surface area contributed by atoms with Crippen molar-refractivity contribution in [3.05, 3.63) is 68.0 Å². The van der Waals surface area contributed by atoms with Crippen LogP contribution in [0.2, 0.25) is 5.02 Å². The highest BCUT2D eigenvalue weighted by atomic mass is 35.5. The van der Waals surface area contributed by atoms with Crippen molar-refractivity contribution in [2.24, 2.45) is 0 Å². The second-order valence-electron chi connectivity index (χ2n) is 5.88. The van der Waals surface area contributed by atoms with E-state index in [1.165, 1.54) is 19.3 Å². The van der Waals surface area contributed by atoms with Crippen molar-refractivity contribution in [1.82, 2.24) is 4.58 Å². The van der Waals surface area contributed by atoms with Gasteiger partial charge in [0.2, 0.25) is 0 Å². The van der Waals surface area contributed by atoms with Gasteiger partial charge < -0.3 is 4.74 Å². The molecule has 2 nitrogen and oxygen atoms in total. The predicted octanol–water partition coefficient (Wildman–Crippen LogP) is 5.42. The third kappa shape index (κ3) is 3.03. The zero-order chi connectivity index (χ0) is 17.4. The molecule has 0 radical (unpaired) electrons. The fourth-order valence-corrected chi connectivity index (χ4v) is 6.30. The average molecular weight is 389 g/mol. The van der Waals surface area contributed by atoms with Crippen molar-refractivity contribution >= 4 is 34.3 Å². The fraction of sp³-hybridized carbons (Fsp3) is 0.250. The Labute approximate surface area is 160 Å². The third-order valence-corrected chi connectivity index (χ3v) is 7.42. The Morgan fingerprint density at radius 3 is 2.52 bits per heavy atom. The van der Waals surface area contributed by atoms with Gasteiger partial charge in [-0.05, 0) is 37.6 Å². The lowest BCUT2D eigenvalue weighted by Gasteiger charge is -2.25. The summed E-state index contributed by atoms with van der Waals surface area (Å²) in [5.41, 5.74) is 2.29. The highest BCUT2D eigenvalue weighted by Gasteiger charge is 2.31. The van der Waals surface area contributed by atoms with Crippen molar-refractivity contribution < 1.29 is 4.74 Å². The van der Waals surface area contributed by atoms with Crippen LogP contribution in [-0.2, 0) is 0 Å². The molecule has 0 aliphatic carbocycles. The van der Waals surface area contributed by atoms with Gasteiger partial charge in [-0.15, -0.1) is 0 Å². The molecule has 2 heterocycles. The summed E-state index contributed by atoms with van der Waals surface area (Å²) in [6.45, 7) is 6.41. The topological polar surface area (TPSA) is 12.2 Å². The van der Waals surface area contributed by atoms with E-state index >= 15 is 0 Å². The normalized spacial score (nSPS) is 15.2. The molecule has 0 spiro atoms. The van der Waals surface area contributed by atoms with Crippen LogP contribution in [-0.4, -0.2) is 13.1 Å². The smallest absolute Gasteiger partial charge is 0.314 e. The standard InChI is InChI=1S/C20H19ClNOS2/c1-3-22(4-2)20-24-18-15-12-14(21)10-11-16(15)23-17(19(18)25-20)13-8-6-5-7-9-13/h5-12,17H,3-4H2,1-2H3/q+1. The second-order valence-corrected chi connectivity index (χ2v) is 8.61. The molecule has 128 valence electrons. The Morgan fingerprint density at radius 1 is 1.04 bits per heavy atom. The maximum atomic E-state index is 6.40. The molecule has 25 heavy (non-hydrogen) atoms. The van der Waals surface area contributed by atoms with Crippen LogP contribution in [0, 0.1) is 0 Å². The number of ether oxygens (including phenoxy) is 1. The Kier molecular flexibility index (Phi) is 4.67. The van der Waals surface area contributed by atoms with Crippen LogP contribution in [0.1, 0.15) is 30.4 Å². The molecule has 0 fully saturated rings. The molecule has 5 heteroatoms. The fourth-order valence-electron chi connectivity index (χ4n) is 3.08. The van der Waals surface area contributed by atoms with E-state index in [2.05, 4.69) is 42.7 Å². The van der Waals surface area contributed by atoms with Gasteiger partial charge in [-0.2, -0.15) is 0 Å². The summed E-state index contributed by atoms with van der Waals surface area (Å²) in [7, 11) is 0. The molecule has 1 aromatic heterocycles. The van der Waals surface area contributed by atoms with Crippen LogP contribution in [0.15, 0.2) is 48.5 Å². The lowest BCUT2D eigenvalue weighted by atomic mass is 10.0. The summed E-state index contributed by atoms with van der Waals surface area (Å²) in [6.07, 6.45) is -0.0598. The molecule has 1 aliphatic heterocycles. The van der Waals surface area contributed by atoms with Crippen molar-refractivity contribution in [2.75, 3.05) is 13.1 Å². The van der Waals surface area contributed by atoms with Crippen molar-refractivity contribution in [1.29, 1.82) is 0 Å². The van der Waals surface area contributed by atoms with E-state index in [9.17, 15) is 0 Å². The number of benzene rings is 2. The zero-order valence-corrected chi connectivity index (χ0v) is 16.5. The van der Waals surface area contributed by atoms with E-state index in [1.807, 2.05) is 46.9 Å². The average Bonchev–Trinajstić information content (AvgIpc) is 3.08. The molecule has 1 aliphatic rings. The molecular weight excluding hydrogens is 370 g/mol. The molecular formula is C20H19ClNOS2+. The van der Waals surface area contributed by atoms with E-state index in [-0.39, 0.29) is 6.10 Å². The highest BCUT2D eigenvalue weighted by Crippen LogP contribution is 2.48. The van der Waals surface area contributed by atoms with Crippen LogP contribution >= 0.6 is 34.3 Å². The van der Waals surface area contributed by atoms with E-state index in [4.69, 9.17) is 16.3 Å². The maximum absolute atomic E-state index is 6.40. The number of halogens is 1. The van der Waals surface area contributed by atoms with Crippen LogP contribution in [0.4, 0.5) is 0 Å². The molecule has 0 saturated heterocycles. The summed E-state index contributed by atoms with van der Waals surface area (Å²) >= 11 is 9.95. The second kappa shape index (κ2) is 6.94. The third-order valence-electron chi connectivity index (χ3n) is 4.40. The Morgan fingerprint density at radius 2 is 1.80 bits per heavy atom. The first-order chi connectivity index (χ1) is 12.2. The largest absolute Gasteiger partial charge is 0.479 e. The first-order valence-electron chi connectivity index (χ1n) is 8.44. The zero-order valence-electron chi connectivity index (χ0n) is 14.2. The van der Waals surface area contributed by atoms with Gasteiger partial charge in [0.25, 0.3) is 0 Å². The summed E-state index contributed by atoms with van der Waals surface area (Å²) in [5.74, 6) is 0.908. The minimum atomic E-state index is -0.0598. The summed E-state index contributed by atoms with van der Waals surface area (Å²) in [5, 5.41) is 0.745. The molecule has 1 unspecified atom stereocenters. The summed E-state index contributed by atoms with van der Waals surface area (Å²) in [6, 6.07) is 16.4. The van der Waals surface area contributed by atoms with Crippen molar-refractivity contribution in [3.63, 3.8) is 0 Å². The van der Waals surface area contributed by atoms with Gasteiger partial charge in [-0.3, -0.25) is 0 Å². The molecule has 0 amide bonds. The van der Waals surface area contributed by atoms with Gasteiger partial charge in [-0.1, -0.05) is 64.6 Å². The molecule has 0 N–H and O–H groups in total. The van der Waals surface area contributed by atoms with E-state index in [0.29, 0.717) is 0 Å². The quantitative estimate of drug-likeness (QED) is 0.545. The SMILES string of the molecule is CC[N+](CC)=c1sc2c(s1)C(c1ccccc1)Oc1ccc(Cl)cc1-2. The van der Waals surface area contributed by atoms with Gasteiger partial charge in [0, 0.05) is 10.6 Å². The Hall–Kier alpha value is -1.62. The lowest BCUT2D eigenvalue weighted by Crippen LogP contribution is -2.25. The number of nitrogens with zero attached hydrogens (tertiary/aromatic N) is 1. The minimum Gasteiger partial charge on any atom is -0.479 e. The van der Waals surface area contributed by atoms with Gasteiger partial charge in [0.1, 0.15) is 18.8 Å². The van der Waals surface area contributed by atoms with E-state index in [1.54, 1.807) is 0 Å². The number of hydrogen-bond donors (Lipinski definition) is 0. The molecule has 2 aromatic carbocycles. The van der Waals surface area contributed by atoms with Gasteiger partial charge in [-0.25, -0.2) is 4.58 Å². The van der Waals surface area contributed by atoms with Crippen LogP contribution in [0.3, 0.4) is 0 Å². The van der Waals surface area contributed by atoms with Crippen LogP contribution in [0.25, 0.3) is 10.4 Å². The lowest BCUT2D eigenvalue weighted by molar-refractivity contribution is 0.248. The van der Waals surface area contributed by atoms with E-state index < -0.39 is 0 Å². The molecule has 4 rings (SSSR count). The Balaban J connectivity index is 1.97. The molecule has 1 atom stereocenters. The predicted molar refractivity (Wildman–Crippen MR) is 108 cm³/mol. The first kappa shape index (κ1) is 16.8. The van der Waals surface area contributed by atoms with Crippen molar-refractivity contribution in [2.45, 2.75) is 20.0 Å². The van der Waals surface area contributed by atoms with Gasteiger partial charge in [0.05, 0.1) is 9.75 Å².